The number of hydrogen-bond acceptors (Lipinski definition) is 24. The molecule has 0 unspecified atom stereocenters. The summed E-state index contributed by atoms with van der Waals surface area (Å²) < 4.78 is 67.6. The number of sulfonamides is 1. The number of ether oxygens (including phenoxy) is 8. The molecule has 13 aromatic rings. The monoisotopic (exact) mass is 2040 g/mol. The fourth-order valence-corrected chi connectivity index (χ4v) is 13.3. The van der Waals surface area contributed by atoms with Gasteiger partial charge in [-0.2, -0.15) is 4.31 Å². The minimum Gasteiger partial charge on any atom is -1.00 e. The molecule has 4 N–H and O–H groups in total. The first-order chi connectivity index (χ1) is 68.3. The molecule has 9 aromatic carbocycles. The van der Waals surface area contributed by atoms with E-state index in [1.54, 1.807) is 149 Å². The molecule has 13 rings (SSSR count). The second-order valence-corrected chi connectivity index (χ2v) is 30.5. The zero-order valence-corrected chi connectivity index (χ0v) is 95.2. The molecule has 0 bridgehead atoms. The SMILES string of the molecule is CC.CC.CC.CC.CC.CC.CC.CC.COC(CN(Cc1ccc(C)cc1)S(=O)(=O)c1ccc(C)cc1)OC.COC(CN)OC.COC(CN=Cc1ccc(C)cc1)OC.COC(CNCc1ccc(C)cc1)OC.Cc1ccc(C=O)cc1.Cc1ccc2c(=O)[nH]ccc2c1[N+](=O)[O-].Cc1ccc2c(Cl)nccc2c1[N+](=O)[O-].Cc1ccc2cnccc2c1.Cc1ccc2cnccc2c1[N+](=O)[O-].[B].[H-].[Na+]. The van der Waals surface area contributed by atoms with E-state index in [0.29, 0.717) is 63.3 Å². The number of nitrogens with one attached hydrogen (secondary N) is 2. The Balaban J connectivity index is -0.000000293. The van der Waals surface area contributed by atoms with Crippen molar-refractivity contribution in [1.82, 2.24) is 29.6 Å². The summed E-state index contributed by atoms with van der Waals surface area (Å²) in [7, 11) is 8.93. The molecule has 785 valence electrons. The summed E-state index contributed by atoms with van der Waals surface area (Å²) in [5, 5.41) is 41.9. The Morgan fingerprint density at radius 2 is 0.819 bits per heavy atom. The average molecular weight is 2040 g/mol. The first-order valence-corrected chi connectivity index (χ1v) is 49.3. The molecule has 0 amide bonds. The van der Waals surface area contributed by atoms with Gasteiger partial charge in [0, 0.05) is 173 Å². The van der Waals surface area contributed by atoms with E-state index in [4.69, 9.17) is 55.2 Å². The second kappa shape index (κ2) is 87.2. The van der Waals surface area contributed by atoms with Gasteiger partial charge in [0.1, 0.15) is 11.4 Å². The summed E-state index contributed by atoms with van der Waals surface area (Å²) in [5.41, 5.74) is 18.1. The number of methoxy groups -OCH3 is 8. The van der Waals surface area contributed by atoms with Crippen molar-refractivity contribution in [2.24, 2.45) is 10.7 Å². The molecule has 0 aliphatic heterocycles. The molecule has 0 atom stereocenters. The number of carbonyl (C=O) groups is 1. The zero-order valence-electron chi connectivity index (χ0n) is 92.6. The van der Waals surface area contributed by atoms with Gasteiger partial charge in [-0.15, -0.1) is 0 Å². The van der Waals surface area contributed by atoms with Crippen LogP contribution in [0, 0.1) is 92.7 Å². The van der Waals surface area contributed by atoms with E-state index in [2.05, 4.69) is 106 Å². The number of nitrogens with two attached hydrogens (primary N) is 1. The van der Waals surface area contributed by atoms with Crippen molar-refractivity contribution in [3.63, 3.8) is 0 Å². The number of pyridine rings is 4. The van der Waals surface area contributed by atoms with Gasteiger partial charge in [-0.05, 0) is 127 Å². The van der Waals surface area contributed by atoms with Gasteiger partial charge in [-0.3, -0.25) is 54.9 Å². The van der Waals surface area contributed by atoms with Crippen LogP contribution in [0.4, 0.5) is 17.1 Å². The third kappa shape index (κ3) is 54.7. The van der Waals surface area contributed by atoms with E-state index in [1.165, 1.54) is 69.5 Å². The van der Waals surface area contributed by atoms with Crippen LogP contribution in [-0.4, -0.2) is 177 Å². The Morgan fingerprint density at radius 1 is 0.444 bits per heavy atom. The first-order valence-electron chi connectivity index (χ1n) is 47.5. The number of nitro groups is 3. The van der Waals surface area contributed by atoms with E-state index < -0.39 is 26.2 Å². The summed E-state index contributed by atoms with van der Waals surface area (Å²) in [5.74, 6) is 0. The first kappa shape index (κ1) is 144. The van der Waals surface area contributed by atoms with Crippen LogP contribution in [0.1, 0.15) is 189 Å². The maximum absolute atomic E-state index is 13.1. The number of hydrogen-bond donors (Lipinski definition) is 3. The maximum Gasteiger partial charge on any atom is 1.00 e. The molecule has 0 saturated heterocycles. The van der Waals surface area contributed by atoms with Crippen molar-refractivity contribution in [2.75, 3.05) is 83.1 Å². The van der Waals surface area contributed by atoms with Crippen molar-refractivity contribution in [3.8, 4) is 0 Å². The van der Waals surface area contributed by atoms with E-state index >= 15 is 0 Å². The molecule has 0 fully saturated rings. The zero-order chi connectivity index (χ0) is 109. The number of aromatic nitrogens is 4. The van der Waals surface area contributed by atoms with Crippen molar-refractivity contribution in [1.29, 1.82) is 0 Å². The van der Waals surface area contributed by atoms with Crippen LogP contribution < -0.4 is 46.2 Å². The van der Waals surface area contributed by atoms with Crippen LogP contribution in [0.25, 0.3) is 43.1 Å². The number of aldehydes is 1. The number of aliphatic imine (C=N–C) groups is 1. The van der Waals surface area contributed by atoms with Crippen LogP contribution in [0.3, 0.4) is 0 Å². The summed E-state index contributed by atoms with van der Waals surface area (Å²) in [4.78, 5) is 71.7. The van der Waals surface area contributed by atoms with Gasteiger partial charge in [-0.1, -0.05) is 313 Å². The number of benzene rings is 9. The number of nitrogens with zero attached hydrogens (tertiary/aromatic N) is 8. The Hall–Kier alpha value is -11.2. The number of aromatic amines is 1. The number of carbonyl (C=O) groups excluding carboxylic acids is 1. The molecule has 0 saturated carbocycles. The molecule has 4 aromatic heterocycles. The fourth-order valence-electron chi connectivity index (χ4n) is 11.7. The van der Waals surface area contributed by atoms with Crippen LogP contribution >= 0.6 is 11.6 Å². The van der Waals surface area contributed by atoms with Gasteiger partial charge in [0.05, 0.1) is 54.3 Å². The van der Waals surface area contributed by atoms with Gasteiger partial charge >= 0.3 is 29.6 Å². The predicted octanol–water partition coefficient (Wildman–Crippen LogP) is 23.0. The van der Waals surface area contributed by atoms with E-state index in [9.17, 15) is 48.3 Å². The van der Waals surface area contributed by atoms with Gasteiger partial charge < -0.3 is 55.4 Å². The smallest absolute Gasteiger partial charge is 1.00 e. The summed E-state index contributed by atoms with van der Waals surface area (Å²) in [6.45, 7) is 52.1. The number of halogens is 1. The normalized spacial score (nSPS) is 9.81. The van der Waals surface area contributed by atoms with Crippen LogP contribution in [0.2, 0.25) is 5.15 Å². The number of rotatable bonds is 26. The third-order valence-corrected chi connectivity index (χ3v) is 21.0. The number of H-pyrrole nitrogens is 1. The van der Waals surface area contributed by atoms with E-state index in [1.807, 2.05) is 223 Å². The third-order valence-electron chi connectivity index (χ3n) is 18.9. The van der Waals surface area contributed by atoms with Crippen LogP contribution in [0.15, 0.2) is 252 Å². The van der Waals surface area contributed by atoms with Crippen molar-refractivity contribution >= 4 is 103 Å². The standard InChI is InChI=1S/C19H25NO4S.C12H19NO2.C12H17NO2.C10H7ClN2O2.C10H8N2O3.C10H8N2O2.C10H9N.C8H8O.C4H11NO2.8C2H6.B.Na.H/c1-15-5-9-17(10-6-15)13-20(14-19(23-3)24-4)25(21,22)18-11-7-16(2)8-12-18;2*1-10-4-6-11(7-5-10)8-13-9-12(14-2)15-3;1-6-2-3-8-7(9(6)13(14)15)4-5-12-10(8)11;1-6-2-3-8-7(9(6)12(14)15)4-5-11-10(8)13;1-7-2-3-8-6-11-5-4-9(8)10(7)12(13)14;1-8-2-3-10-7-11-5-4-9(10)6-8;1-7-2-4-8(6-9)5-3-7;1-6-4(3-5)7-2;8*1-2;;;/h5-12,19H,13-14H2,1-4H3;4-7,12-13H,8-9H2,1-3H3;4-8,12H,9H2,1-3H3;2-5H,1H3;2-5H,1H3,(H,11,13);2-6H,1H3;2-7H,1H3;2-6H,1H3;4H,3,5H2,1-2H3;8*1-2H3;;;/q;;;;;;;;;;;;;;;;;;+1;-1. The van der Waals surface area contributed by atoms with Crippen molar-refractivity contribution in [3.05, 3.63) is 356 Å². The molecule has 3 radical (unpaired) electrons. The van der Waals surface area contributed by atoms with Gasteiger partial charge in [-0.25, -0.2) is 13.4 Å². The Bertz CT molecular complexity index is 5770. The maximum atomic E-state index is 13.1. The molecule has 4 heterocycles. The molecule has 0 aliphatic rings. The molecule has 33 heteroatoms. The fraction of sp³-hybridized carbons (Fsp3) is 0.387. The average Bonchev–Trinajstić information content (AvgIpc) is 0.794. The number of nitro benzene ring substituents is 3. The number of fused-ring (bicyclic) bond motifs is 4. The molecule has 144 heavy (non-hydrogen) atoms. The van der Waals surface area contributed by atoms with Crippen molar-refractivity contribution in [2.45, 2.75) is 216 Å². The van der Waals surface area contributed by atoms with Crippen LogP contribution in [0.5, 0.6) is 0 Å². The van der Waals surface area contributed by atoms with Gasteiger partial charge in [0.25, 0.3) is 22.6 Å². The molecular weight excluding hydrogens is 1880 g/mol. The minimum atomic E-state index is -3.67. The van der Waals surface area contributed by atoms with E-state index in [-0.39, 0.29) is 109 Å². The molecular formula is C111H161BClN11NaO18S. The van der Waals surface area contributed by atoms with Crippen molar-refractivity contribution < 1.29 is 96.9 Å². The second-order valence-electron chi connectivity index (χ2n) is 28.2. The molecule has 0 aliphatic carbocycles. The Labute approximate surface area is 888 Å². The molecule has 0 spiro atoms. The topological polar surface area (TPSA) is 380 Å². The molecule has 29 nitrogen and oxygen atoms in total. The van der Waals surface area contributed by atoms with Gasteiger partial charge in [0.15, 0.2) is 25.2 Å². The summed E-state index contributed by atoms with van der Waals surface area (Å²) in [6, 6.07) is 62.1. The van der Waals surface area contributed by atoms with Crippen LogP contribution in [-0.2, 0) is 61.0 Å². The Morgan fingerprint density at radius 3 is 1.25 bits per heavy atom. The van der Waals surface area contributed by atoms with E-state index in [0.717, 1.165) is 46.0 Å². The van der Waals surface area contributed by atoms with Gasteiger partial charge in [0.2, 0.25) is 10.0 Å². The minimum absolute atomic E-state index is 0. The predicted molar refractivity (Wildman–Crippen MR) is 595 cm³/mol. The largest absolute Gasteiger partial charge is 1.00 e. The summed E-state index contributed by atoms with van der Waals surface area (Å²) in [6.07, 6.45) is 11.2. The quantitative estimate of drug-likeness (QED) is 0.00862. The summed E-state index contributed by atoms with van der Waals surface area (Å²) >= 11 is 5.85. The Kier molecular flexibility index (Phi) is 86.9. The number of aryl methyl sites for hydroxylation is 9.